The minimum absolute atomic E-state index is 0.200. The number of benzene rings is 2. The lowest BCUT2D eigenvalue weighted by atomic mass is 10.0. The van der Waals surface area contributed by atoms with E-state index >= 15 is 0 Å². The molecule has 0 aliphatic carbocycles. The molecule has 1 atom stereocenters. The normalized spacial score (nSPS) is 16.2. The molecule has 1 fully saturated rings. The van der Waals surface area contributed by atoms with Crippen molar-refractivity contribution in [1.82, 2.24) is 14.7 Å². The lowest BCUT2D eigenvalue weighted by Gasteiger charge is -2.32. The van der Waals surface area contributed by atoms with E-state index in [1.165, 1.54) is 5.56 Å². The van der Waals surface area contributed by atoms with Crippen molar-refractivity contribution in [2.24, 2.45) is 0 Å². The van der Waals surface area contributed by atoms with Gasteiger partial charge in [-0.3, -0.25) is 9.69 Å². The number of likely N-dealkylation sites (tertiary alicyclic amines) is 1. The molecule has 4 rings (SSSR count). The number of carbonyl (C=O) groups is 1. The maximum atomic E-state index is 12.9. The molecule has 2 aromatic carbocycles. The summed E-state index contributed by atoms with van der Waals surface area (Å²) in [5.74, 6) is 0.505. The molecule has 1 saturated heterocycles. The first-order valence-electron chi connectivity index (χ1n) is 10.5. The van der Waals surface area contributed by atoms with E-state index in [1.54, 1.807) is 13.3 Å². The second-order valence-corrected chi connectivity index (χ2v) is 8.25. The Morgan fingerprint density at radius 1 is 1.16 bits per heavy atom. The summed E-state index contributed by atoms with van der Waals surface area (Å²) in [6.45, 7) is 2.83. The summed E-state index contributed by atoms with van der Waals surface area (Å²) in [5, 5.41) is 8.27. The Morgan fingerprint density at radius 3 is 2.65 bits per heavy atom. The Balaban J connectivity index is 1.37. The monoisotopic (exact) mass is 438 g/mol. The Hall–Kier alpha value is -2.67. The van der Waals surface area contributed by atoms with E-state index in [0.29, 0.717) is 5.82 Å². The van der Waals surface area contributed by atoms with E-state index in [0.717, 1.165) is 43.1 Å². The number of amides is 1. The van der Waals surface area contributed by atoms with Crippen molar-refractivity contribution in [2.45, 2.75) is 31.5 Å². The van der Waals surface area contributed by atoms with Gasteiger partial charge in [0.05, 0.1) is 12.2 Å². The molecule has 7 heteroatoms. The molecular formula is C24H27ClN4O2. The van der Waals surface area contributed by atoms with Crippen molar-refractivity contribution >= 4 is 23.3 Å². The van der Waals surface area contributed by atoms with Crippen LogP contribution in [0.2, 0.25) is 5.02 Å². The second-order valence-electron chi connectivity index (χ2n) is 7.81. The number of nitrogens with zero attached hydrogens (tertiary/aromatic N) is 3. The van der Waals surface area contributed by atoms with Crippen molar-refractivity contribution in [2.75, 3.05) is 25.5 Å². The summed E-state index contributed by atoms with van der Waals surface area (Å²) in [7, 11) is 1.55. The fourth-order valence-electron chi connectivity index (χ4n) is 4.13. The predicted molar refractivity (Wildman–Crippen MR) is 122 cm³/mol. The van der Waals surface area contributed by atoms with Crippen LogP contribution in [0.5, 0.6) is 0 Å². The van der Waals surface area contributed by atoms with E-state index in [9.17, 15) is 4.79 Å². The van der Waals surface area contributed by atoms with Crippen LogP contribution in [0.1, 0.15) is 36.1 Å². The number of hydrogen-bond donors (Lipinski definition) is 1. The largest absolute Gasteiger partial charge is 0.367 e. The SMILES string of the molecule is CO[C@H](C(=O)Nc1ccnn1C1CCN(Cc2cccc(Cl)c2)CC1)c1ccccc1. The molecule has 1 N–H and O–H groups in total. The molecule has 0 spiro atoms. The van der Waals surface area contributed by atoms with Gasteiger partial charge >= 0.3 is 0 Å². The highest BCUT2D eigenvalue weighted by Gasteiger charge is 2.25. The van der Waals surface area contributed by atoms with Crippen molar-refractivity contribution in [3.8, 4) is 0 Å². The van der Waals surface area contributed by atoms with Crippen molar-refractivity contribution < 1.29 is 9.53 Å². The van der Waals surface area contributed by atoms with Crippen molar-refractivity contribution in [1.29, 1.82) is 0 Å². The van der Waals surface area contributed by atoms with E-state index in [2.05, 4.69) is 21.4 Å². The lowest BCUT2D eigenvalue weighted by molar-refractivity contribution is -0.126. The third kappa shape index (κ3) is 5.34. The molecular weight excluding hydrogens is 412 g/mol. The topological polar surface area (TPSA) is 59.4 Å². The lowest BCUT2D eigenvalue weighted by Crippen LogP contribution is -2.35. The highest BCUT2D eigenvalue weighted by molar-refractivity contribution is 6.30. The zero-order valence-corrected chi connectivity index (χ0v) is 18.3. The average Bonchev–Trinajstić information content (AvgIpc) is 3.23. The molecule has 3 aromatic rings. The van der Waals surface area contributed by atoms with Gasteiger partial charge in [0.1, 0.15) is 5.82 Å². The van der Waals surface area contributed by atoms with Crippen LogP contribution in [0, 0.1) is 0 Å². The minimum Gasteiger partial charge on any atom is -0.367 e. The summed E-state index contributed by atoms with van der Waals surface area (Å²) in [6.07, 6.45) is 3.01. The molecule has 2 heterocycles. The van der Waals surface area contributed by atoms with Gasteiger partial charge in [0.25, 0.3) is 5.91 Å². The number of rotatable bonds is 7. The molecule has 0 unspecified atom stereocenters. The Morgan fingerprint density at radius 2 is 1.94 bits per heavy atom. The number of aromatic nitrogens is 2. The standard InChI is InChI=1S/C24H27ClN4O2/c1-31-23(19-7-3-2-4-8-19)24(30)27-22-10-13-26-29(22)21-11-14-28(15-12-21)17-18-6-5-9-20(25)16-18/h2-10,13,16,21,23H,11-12,14-15,17H2,1H3,(H,27,30)/t23-/m0/s1. The van der Waals surface area contributed by atoms with Crippen molar-refractivity contribution in [3.63, 3.8) is 0 Å². The van der Waals surface area contributed by atoms with Gasteiger partial charge < -0.3 is 10.1 Å². The zero-order chi connectivity index (χ0) is 21.6. The number of anilines is 1. The Kier molecular flexibility index (Phi) is 7.02. The Bertz CT molecular complexity index is 1000. The van der Waals surface area contributed by atoms with Crippen LogP contribution in [0.4, 0.5) is 5.82 Å². The predicted octanol–water partition coefficient (Wildman–Crippen LogP) is 4.70. The average molecular weight is 439 g/mol. The summed E-state index contributed by atoms with van der Waals surface area (Å²) >= 11 is 6.11. The first-order valence-corrected chi connectivity index (χ1v) is 10.9. The van der Waals surface area contributed by atoms with Crippen LogP contribution >= 0.6 is 11.6 Å². The molecule has 162 valence electrons. The number of nitrogens with one attached hydrogen (secondary N) is 1. The smallest absolute Gasteiger partial charge is 0.259 e. The third-order valence-corrected chi connectivity index (χ3v) is 5.93. The van der Waals surface area contributed by atoms with Gasteiger partial charge in [0, 0.05) is 37.8 Å². The first-order chi connectivity index (χ1) is 15.1. The summed E-state index contributed by atoms with van der Waals surface area (Å²) < 4.78 is 7.39. The number of halogens is 1. The maximum absolute atomic E-state index is 12.9. The van der Waals surface area contributed by atoms with Gasteiger partial charge in [-0.15, -0.1) is 0 Å². The van der Waals surface area contributed by atoms with Gasteiger partial charge in [-0.1, -0.05) is 54.1 Å². The number of ether oxygens (including phenoxy) is 1. The summed E-state index contributed by atoms with van der Waals surface area (Å²) in [4.78, 5) is 15.3. The molecule has 31 heavy (non-hydrogen) atoms. The minimum atomic E-state index is -0.663. The van der Waals surface area contributed by atoms with E-state index in [1.807, 2.05) is 59.3 Å². The van der Waals surface area contributed by atoms with Crippen LogP contribution < -0.4 is 5.32 Å². The maximum Gasteiger partial charge on any atom is 0.259 e. The molecule has 1 aliphatic heterocycles. The fourth-order valence-corrected chi connectivity index (χ4v) is 4.35. The fraction of sp³-hybridized carbons (Fsp3) is 0.333. The number of carbonyl (C=O) groups excluding carboxylic acids is 1. The van der Waals surface area contributed by atoms with E-state index in [4.69, 9.17) is 16.3 Å². The van der Waals surface area contributed by atoms with E-state index in [-0.39, 0.29) is 11.9 Å². The van der Waals surface area contributed by atoms with Crippen LogP contribution in [-0.2, 0) is 16.1 Å². The summed E-state index contributed by atoms with van der Waals surface area (Å²) in [6, 6.07) is 19.6. The molecule has 0 bridgehead atoms. The van der Waals surface area contributed by atoms with Gasteiger partial charge in [0.15, 0.2) is 6.10 Å². The number of methoxy groups -OCH3 is 1. The Labute approximate surface area is 187 Å². The molecule has 1 aliphatic rings. The van der Waals surface area contributed by atoms with Gasteiger partial charge in [-0.2, -0.15) is 5.10 Å². The van der Waals surface area contributed by atoms with Gasteiger partial charge in [-0.05, 0) is 36.1 Å². The highest BCUT2D eigenvalue weighted by Crippen LogP contribution is 2.27. The second kappa shape index (κ2) is 10.1. The van der Waals surface area contributed by atoms with Crippen molar-refractivity contribution in [3.05, 3.63) is 83.0 Å². The zero-order valence-electron chi connectivity index (χ0n) is 17.6. The van der Waals surface area contributed by atoms with Gasteiger partial charge in [-0.25, -0.2) is 4.68 Å². The van der Waals surface area contributed by atoms with Gasteiger partial charge in [0.2, 0.25) is 0 Å². The van der Waals surface area contributed by atoms with Crippen LogP contribution in [0.15, 0.2) is 66.9 Å². The molecule has 6 nitrogen and oxygen atoms in total. The molecule has 0 saturated carbocycles. The van der Waals surface area contributed by atoms with Crippen LogP contribution in [-0.4, -0.2) is 40.8 Å². The third-order valence-electron chi connectivity index (χ3n) is 5.70. The molecule has 1 amide bonds. The first kappa shape index (κ1) is 21.6. The highest BCUT2D eigenvalue weighted by atomic mass is 35.5. The summed E-state index contributed by atoms with van der Waals surface area (Å²) in [5.41, 5.74) is 2.05. The quantitative estimate of drug-likeness (QED) is 0.580. The van der Waals surface area contributed by atoms with E-state index < -0.39 is 6.10 Å². The molecule has 0 radical (unpaired) electrons. The van der Waals surface area contributed by atoms with Crippen LogP contribution in [0.3, 0.4) is 0 Å². The number of hydrogen-bond acceptors (Lipinski definition) is 4. The molecule has 1 aromatic heterocycles. The number of piperidine rings is 1. The van der Waals surface area contributed by atoms with Crippen LogP contribution in [0.25, 0.3) is 0 Å².